The summed E-state index contributed by atoms with van der Waals surface area (Å²) in [5, 5.41) is 2.62. The molecule has 0 spiro atoms. The van der Waals surface area contributed by atoms with Crippen molar-refractivity contribution in [1.82, 2.24) is 4.90 Å². The lowest BCUT2D eigenvalue weighted by Gasteiger charge is -2.51. The highest BCUT2D eigenvalue weighted by Crippen LogP contribution is 2.59. The Morgan fingerprint density at radius 2 is 1.38 bits per heavy atom. The molecule has 244 valence electrons. The maximum Gasteiger partial charge on any atom is 0.406 e. The average Bonchev–Trinajstić information content (AvgIpc) is 3.47. The highest BCUT2D eigenvalue weighted by Gasteiger charge is 2.68. The number of hydrogen-bond donors (Lipinski definition) is 0. The number of nitrogens with zero attached hydrogens (tertiary/aromatic N) is 2. The number of nitroso groups, excluding NO2 is 1. The molecule has 1 aliphatic heterocycles. The molecule has 2 atom stereocenters. The first-order chi connectivity index (χ1) is 20.9. The fourth-order valence-corrected chi connectivity index (χ4v) is 8.97. The van der Waals surface area contributed by atoms with Crippen molar-refractivity contribution in [3.63, 3.8) is 0 Å². The number of aryl methyl sites for hydroxylation is 1. The highest BCUT2D eigenvalue weighted by atomic mass is 32.2. The number of rotatable bonds is 6. The predicted octanol–water partition coefficient (Wildman–Crippen LogP) is 7.39. The third-order valence-corrected chi connectivity index (χ3v) is 12.6. The van der Waals surface area contributed by atoms with Gasteiger partial charge in [0.1, 0.15) is 5.82 Å². The zero-order chi connectivity index (χ0) is 33.2. The third-order valence-electron chi connectivity index (χ3n) is 10.6. The maximum absolute atomic E-state index is 14.6. The number of halogens is 7. The Hall–Kier alpha value is -3.16. The van der Waals surface area contributed by atoms with Crippen LogP contribution in [0.5, 0.6) is 0 Å². The van der Waals surface area contributed by atoms with Crippen molar-refractivity contribution in [2.45, 2.75) is 86.2 Å². The second kappa shape index (κ2) is 11.0. The van der Waals surface area contributed by atoms with Gasteiger partial charge in [0.2, 0.25) is 5.91 Å². The highest BCUT2D eigenvalue weighted by molar-refractivity contribution is 7.86. The molecule has 14 heteroatoms. The van der Waals surface area contributed by atoms with Gasteiger partial charge in [-0.3, -0.25) is 13.8 Å². The second-order valence-corrected chi connectivity index (χ2v) is 14.6. The van der Waals surface area contributed by atoms with Crippen molar-refractivity contribution in [3.05, 3.63) is 69.9 Å². The standard InChI is InChI=1S/C31H31F7N2O4S/c1-19-3-8-22(17-23(19)32)45(44)29(21-6-4-20(5-7-21)26(2,30(33,34)35)31(36,37)38)15-16-40(18-29)25(42)28-12-9-27(10-13-28,11-14-28)24(41)39-43/h3-8,17H,9-16,18H2,1-2H3/t27?,28?,29-,45?/m0/s1. The van der Waals surface area contributed by atoms with Crippen LogP contribution >= 0.6 is 0 Å². The Morgan fingerprint density at radius 1 is 0.844 bits per heavy atom. The van der Waals surface area contributed by atoms with Gasteiger partial charge in [-0.1, -0.05) is 30.3 Å². The third kappa shape index (κ3) is 5.11. The number of carbonyl (C=O) groups is 2. The van der Waals surface area contributed by atoms with E-state index >= 15 is 0 Å². The average molecular weight is 661 g/mol. The molecule has 2 amide bonds. The van der Waals surface area contributed by atoms with E-state index in [2.05, 4.69) is 5.18 Å². The number of amides is 2. The molecule has 2 bridgehead atoms. The van der Waals surface area contributed by atoms with E-state index in [1.54, 1.807) is 0 Å². The number of alkyl halides is 6. The minimum Gasteiger partial charge on any atom is -0.340 e. The lowest BCUT2D eigenvalue weighted by molar-refractivity contribution is -0.297. The summed E-state index contributed by atoms with van der Waals surface area (Å²) in [6, 6.07) is 7.52. The molecule has 4 fully saturated rings. The van der Waals surface area contributed by atoms with Crippen LogP contribution in [-0.4, -0.2) is 46.4 Å². The molecule has 1 saturated heterocycles. The molecule has 45 heavy (non-hydrogen) atoms. The summed E-state index contributed by atoms with van der Waals surface area (Å²) in [5.41, 5.74) is -6.49. The minimum absolute atomic E-state index is 0.0452. The number of benzene rings is 2. The Labute approximate surface area is 257 Å². The zero-order valence-electron chi connectivity index (χ0n) is 24.5. The Morgan fingerprint density at radius 3 is 1.87 bits per heavy atom. The Balaban J connectivity index is 1.51. The summed E-state index contributed by atoms with van der Waals surface area (Å²) in [6.07, 6.45) is -9.32. The SMILES string of the molecule is Cc1ccc(S(=O)[C@@]2(c3ccc(C(C)(C(F)(F)F)C(F)(F)F)cc3)CCN(C(=O)C34CCC(C(=O)N=O)(CC3)CC4)C2)cc1F. The number of likely N-dealkylation sites (tertiary alicyclic amines) is 1. The van der Waals surface area contributed by atoms with E-state index in [0.717, 1.165) is 18.2 Å². The predicted molar refractivity (Wildman–Crippen MR) is 150 cm³/mol. The summed E-state index contributed by atoms with van der Waals surface area (Å²) in [7, 11) is -2.08. The topological polar surface area (TPSA) is 83.9 Å². The molecule has 6 nitrogen and oxygen atoms in total. The fraction of sp³-hybridized carbons (Fsp3) is 0.548. The molecule has 2 aromatic rings. The van der Waals surface area contributed by atoms with Gasteiger partial charge in [-0.15, -0.1) is 4.91 Å². The van der Waals surface area contributed by atoms with Gasteiger partial charge in [-0.05, 0) is 87.6 Å². The molecule has 1 unspecified atom stereocenters. The van der Waals surface area contributed by atoms with Gasteiger partial charge < -0.3 is 4.90 Å². The van der Waals surface area contributed by atoms with Gasteiger partial charge in [0.05, 0.1) is 21.0 Å². The van der Waals surface area contributed by atoms with Gasteiger partial charge >= 0.3 is 12.4 Å². The summed E-state index contributed by atoms with van der Waals surface area (Å²) in [6.45, 7) is 1.48. The second-order valence-electron chi connectivity index (χ2n) is 12.8. The first kappa shape index (κ1) is 33.2. The van der Waals surface area contributed by atoms with Gasteiger partial charge in [0, 0.05) is 28.6 Å². The Bertz CT molecular complexity index is 1520. The van der Waals surface area contributed by atoms with Crippen molar-refractivity contribution in [1.29, 1.82) is 0 Å². The quantitative estimate of drug-likeness (QED) is 0.239. The maximum atomic E-state index is 14.6. The number of carbonyl (C=O) groups excluding carboxylic acids is 2. The lowest BCUT2D eigenvalue weighted by atomic mass is 9.53. The normalized spacial score (nSPS) is 27.8. The van der Waals surface area contributed by atoms with Gasteiger partial charge in [-0.2, -0.15) is 26.3 Å². The molecule has 2 aromatic carbocycles. The zero-order valence-corrected chi connectivity index (χ0v) is 25.3. The summed E-state index contributed by atoms with van der Waals surface area (Å²) < 4.78 is 110. The van der Waals surface area contributed by atoms with Gasteiger partial charge in [0.25, 0.3) is 5.91 Å². The molecule has 0 aromatic heterocycles. The minimum atomic E-state index is -5.66. The van der Waals surface area contributed by atoms with E-state index in [0.29, 0.717) is 50.7 Å². The van der Waals surface area contributed by atoms with E-state index in [1.807, 2.05) is 0 Å². The van der Waals surface area contributed by atoms with Crippen LogP contribution in [0.1, 0.15) is 68.6 Å². The van der Waals surface area contributed by atoms with E-state index in [9.17, 15) is 49.4 Å². The van der Waals surface area contributed by atoms with Crippen LogP contribution in [0.25, 0.3) is 0 Å². The van der Waals surface area contributed by atoms with Gasteiger partial charge in [-0.25, -0.2) is 4.39 Å². The number of hydrogen-bond acceptors (Lipinski definition) is 4. The van der Waals surface area contributed by atoms with Crippen LogP contribution in [0, 0.1) is 28.5 Å². The molecule has 6 rings (SSSR count). The largest absolute Gasteiger partial charge is 0.406 e. The van der Waals surface area contributed by atoms with E-state index < -0.39 is 61.4 Å². The van der Waals surface area contributed by atoms with Crippen molar-refractivity contribution in [3.8, 4) is 0 Å². The van der Waals surface area contributed by atoms with E-state index in [-0.39, 0.29) is 48.4 Å². The van der Waals surface area contributed by atoms with Crippen molar-refractivity contribution >= 4 is 22.6 Å². The molecule has 0 N–H and O–H groups in total. The van der Waals surface area contributed by atoms with Crippen LogP contribution in [0.15, 0.2) is 52.5 Å². The van der Waals surface area contributed by atoms with Crippen molar-refractivity contribution in [2.24, 2.45) is 16.0 Å². The van der Waals surface area contributed by atoms with Crippen LogP contribution in [0.3, 0.4) is 0 Å². The van der Waals surface area contributed by atoms with Crippen LogP contribution in [0.4, 0.5) is 30.7 Å². The monoisotopic (exact) mass is 660 g/mol. The van der Waals surface area contributed by atoms with Crippen molar-refractivity contribution < 1.29 is 44.5 Å². The lowest BCUT2D eigenvalue weighted by Crippen LogP contribution is -2.53. The molecule has 1 heterocycles. The van der Waals surface area contributed by atoms with Crippen LogP contribution < -0.4 is 0 Å². The number of fused-ring (bicyclic) bond motifs is 3. The molecule has 0 radical (unpaired) electrons. The molecule has 3 saturated carbocycles. The summed E-state index contributed by atoms with van der Waals surface area (Å²) in [5.74, 6) is -1.62. The molecular formula is C31H31F7N2O4S. The molecular weight excluding hydrogens is 629 g/mol. The summed E-state index contributed by atoms with van der Waals surface area (Å²) in [4.78, 5) is 38.8. The smallest absolute Gasteiger partial charge is 0.340 e. The Kier molecular flexibility index (Phi) is 8.10. The molecule has 3 aliphatic carbocycles. The van der Waals surface area contributed by atoms with E-state index in [4.69, 9.17) is 0 Å². The first-order valence-electron chi connectivity index (χ1n) is 14.5. The molecule has 4 aliphatic rings. The first-order valence-corrected chi connectivity index (χ1v) is 15.6. The van der Waals surface area contributed by atoms with Crippen molar-refractivity contribution in [2.75, 3.05) is 13.1 Å². The summed E-state index contributed by atoms with van der Waals surface area (Å²) >= 11 is 0. The van der Waals surface area contributed by atoms with Crippen LogP contribution in [-0.2, 0) is 30.6 Å². The van der Waals surface area contributed by atoms with Crippen LogP contribution in [0.2, 0.25) is 0 Å². The van der Waals surface area contributed by atoms with Gasteiger partial charge in [0.15, 0.2) is 5.41 Å². The van der Waals surface area contributed by atoms with E-state index in [1.165, 1.54) is 24.0 Å². The fourth-order valence-electron chi connectivity index (χ4n) is 7.22.